The average molecular weight is 1930 g/mol. The Labute approximate surface area is 779 Å². The van der Waals surface area contributed by atoms with Crippen LogP contribution in [0.1, 0.15) is 141 Å². The van der Waals surface area contributed by atoms with E-state index in [0.717, 1.165) is 32.6 Å². The standard InChI is InChI=1S/C81H123N25O26S2/c1-38(66(117)101-62(39(2)108)77(128)92-47(65(86)116)18-21-59(84)112)91-74(125)54(34-133)99-73(124)53(33-107)98-78(129)63(40(3)109)102-70(121)50(20-23-61(114)115)95-75(126)56-11-8-26-105(56)81(132)64(41(4)110)103-76(127)57-12-7-25-104(57)80(131)58-13-9-27-106(58)79(130)55(35-134)100-72(123)52(30-44-32-88-37-90-44)97-69(120)49(19-22-60(85)113)94-68(119)48(10-5-6-24-82)93-71(122)51(28-42-14-16-45(111)17-15-42)96-67(118)46(83)29-43-31-87-36-89-43/h14-17,31-32,36-41,46-58,62-64,107-111,133-134H,5-13,18-30,33-35,82-83H2,1-4H3,(H2,84,112)(H2,85,113)(H2,86,116)(H,87,89)(H,88,90)(H,91,125)(H,92,128)(H,93,122)(H,94,119)(H,95,126)(H,96,118)(H,97,120)(H,98,129)(H,99,124)(H,100,123)(H,101,117)(H,102,121)(H,103,127)(H,114,115)/t38-,39+,40+,41+,46-,47-,48-,49-,50-,51-,52-,53-,54-,55-,56-,57-,58-,62-,63-,64-/m0/s1. The van der Waals surface area contributed by atoms with Crippen LogP contribution in [-0.4, -0.2) is 349 Å². The van der Waals surface area contributed by atoms with Gasteiger partial charge in [0, 0.05) is 82.1 Å². The fraction of sp³-hybridized carbons (Fsp3) is 0.605. The number of rotatable bonds is 55. The molecule has 0 spiro atoms. The van der Waals surface area contributed by atoms with Crippen LogP contribution >= 0.6 is 25.3 Å². The van der Waals surface area contributed by atoms with E-state index in [-0.39, 0.29) is 121 Å². The average Bonchev–Trinajstić information content (AvgIpc) is 1.64. The highest BCUT2D eigenvalue weighted by Crippen LogP contribution is 2.28. The molecule has 3 aliphatic rings. The maximum atomic E-state index is 14.9. The minimum absolute atomic E-state index is 0.00586. The second-order valence-electron chi connectivity index (χ2n) is 32.7. The van der Waals surface area contributed by atoms with E-state index < -0.39 is 283 Å². The van der Waals surface area contributed by atoms with Gasteiger partial charge in [0.25, 0.3) is 0 Å². The van der Waals surface area contributed by atoms with Gasteiger partial charge < -0.3 is 153 Å². The summed E-state index contributed by atoms with van der Waals surface area (Å²) in [4.78, 5) is 291. The summed E-state index contributed by atoms with van der Waals surface area (Å²) in [7, 11) is 0. The number of nitrogens with zero attached hydrogens (tertiary/aromatic N) is 5. The number of unbranched alkanes of at least 4 members (excludes halogenated alkanes) is 1. The van der Waals surface area contributed by atoms with Crippen molar-refractivity contribution in [2.45, 2.75) is 264 Å². The number of benzene rings is 1. The number of hydrogen-bond donors (Lipinski definition) is 28. The van der Waals surface area contributed by atoms with Crippen LogP contribution in [0.2, 0.25) is 0 Å². The number of phenols is 1. The third-order valence-electron chi connectivity index (χ3n) is 22.3. The van der Waals surface area contributed by atoms with Crippen molar-refractivity contribution in [1.29, 1.82) is 0 Å². The van der Waals surface area contributed by atoms with Crippen LogP contribution in [0.15, 0.2) is 49.3 Å². The van der Waals surface area contributed by atoms with E-state index in [1.54, 1.807) is 0 Å². The first-order valence-corrected chi connectivity index (χ1v) is 44.7. The molecule has 5 heterocycles. The number of likely N-dealkylation sites (tertiary alicyclic amines) is 3. The number of hydrogen-bond acceptors (Lipinski definition) is 31. The van der Waals surface area contributed by atoms with Gasteiger partial charge in [-0.2, -0.15) is 25.3 Å². The Morgan fingerprint density at radius 2 is 0.851 bits per heavy atom. The summed E-state index contributed by atoms with van der Waals surface area (Å²) in [5, 5.41) is 93.5. The summed E-state index contributed by atoms with van der Waals surface area (Å²) >= 11 is 8.48. The highest BCUT2D eigenvalue weighted by atomic mass is 32.1. The summed E-state index contributed by atoms with van der Waals surface area (Å²) < 4.78 is 0. The van der Waals surface area contributed by atoms with Crippen LogP contribution in [0.5, 0.6) is 5.75 Å². The number of aromatic amines is 2. The first-order valence-electron chi connectivity index (χ1n) is 43.4. The number of carboxylic acids is 1. The van der Waals surface area contributed by atoms with Gasteiger partial charge in [0.1, 0.15) is 102 Å². The summed E-state index contributed by atoms with van der Waals surface area (Å²) in [5.74, 6) is -21.7. The minimum Gasteiger partial charge on any atom is -0.508 e. The highest BCUT2D eigenvalue weighted by Gasteiger charge is 2.48. The molecule has 3 aromatic rings. The van der Waals surface area contributed by atoms with Crippen molar-refractivity contribution < 1.29 is 127 Å². The zero-order chi connectivity index (χ0) is 99.5. The predicted molar refractivity (Wildman–Crippen MR) is 475 cm³/mol. The van der Waals surface area contributed by atoms with Gasteiger partial charge in [-0.25, -0.2) is 9.97 Å². The Morgan fingerprint density at radius 3 is 1.36 bits per heavy atom. The van der Waals surface area contributed by atoms with E-state index in [9.17, 15) is 127 Å². The molecule has 0 bridgehead atoms. The molecule has 1 aromatic carbocycles. The quantitative estimate of drug-likeness (QED) is 0.0184. The normalized spacial score (nSPS) is 18.5. The maximum absolute atomic E-state index is 14.9. The molecule has 134 heavy (non-hydrogen) atoms. The van der Waals surface area contributed by atoms with Gasteiger partial charge in [-0.1, -0.05) is 12.1 Å². The van der Waals surface area contributed by atoms with Crippen LogP contribution in [0.3, 0.4) is 0 Å². The number of thiol groups is 2. The second-order valence-corrected chi connectivity index (χ2v) is 33.4. The number of amides is 19. The van der Waals surface area contributed by atoms with Crippen molar-refractivity contribution in [2.24, 2.45) is 28.7 Å². The SMILES string of the molecule is C[C@H](NC(=O)[C@H](CS)NC(=O)[C@H](CO)NC(=O)[C@@H](NC(=O)[C@H](CCC(=O)O)NC(=O)[C@@H]1CCCN1C(=O)[C@@H](NC(=O)[C@@H]1CCCN1C(=O)[C@@H]1CCCN1C(=O)[C@H](CS)NC(=O)[C@H](Cc1c[nH]cn1)NC(=O)[C@H](CCC(N)=O)NC(=O)[C@H](CCCCN)NC(=O)[C@H](Cc1ccc(O)cc1)NC(=O)[C@@H](N)Cc1c[nH]cn1)[C@@H](C)O)[C@@H](C)O)C(=O)N[C@H](C(=O)N[C@@H](CCC(N)=O)C(N)=O)[C@@H](C)O. The van der Waals surface area contributed by atoms with Crippen molar-refractivity contribution in [3.63, 3.8) is 0 Å². The third-order valence-corrected chi connectivity index (χ3v) is 23.0. The van der Waals surface area contributed by atoms with E-state index in [4.69, 9.17) is 28.7 Å². The molecular formula is C81H123N25O26S2. The maximum Gasteiger partial charge on any atom is 0.303 e. The number of carbonyl (C=O) groups excluding carboxylic acids is 19. The minimum atomic E-state index is -2.05. The first-order chi connectivity index (χ1) is 63.4. The number of imidazole rings is 2. The van der Waals surface area contributed by atoms with Gasteiger partial charge in [0.15, 0.2) is 0 Å². The second kappa shape index (κ2) is 53.9. The van der Waals surface area contributed by atoms with Crippen molar-refractivity contribution in [1.82, 2.24) is 104 Å². The Bertz CT molecular complexity index is 4590. The smallest absolute Gasteiger partial charge is 0.303 e. The highest BCUT2D eigenvalue weighted by molar-refractivity contribution is 7.80. The van der Waals surface area contributed by atoms with Crippen molar-refractivity contribution in [2.75, 3.05) is 44.3 Å². The number of nitrogens with one attached hydrogen (secondary N) is 15. The van der Waals surface area contributed by atoms with Crippen LogP contribution in [-0.2, 0) is 115 Å². The molecular weight excluding hydrogens is 1800 g/mol. The molecule has 3 saturated heterocycles. The largest absolute Gasteiger partial charge is 0.508 e. The van der Waals surface area contributed by atoms with E-state index in [1.807, 2.05) is 0 Å². The zero-order valence-corrected chi connectivity index (χ0v) is 76.0. The Morgan fingerprint density at radius 1 is 0.440 bits per heavy atom. The molecule has 19 amide bonds. The molecule has 3 aliphatic heterocycles. The lowest BCUT2D eigenvalue weighted by Gasteiger charge is -2.34. The number of primary amides is 3. The molecule has 2 aromatic heterocycles. The summed E-state index contributed by atoms with van der Waals surface area (Å²) in [6.07, 6.45) is -2.16. The van der Waals surface area contributed by atoms with E-state index in [2.05, 4.69) is 114 Å². The third kappa shape index (κ3) is 33.5. The lowest BCUT2D eigenvalue weighted by Crippen LogP contribution is -2.63. The van der Waals surface area contributed by atoms with E-state index >= 15 is 0 Å². The van der Waals surface area contributed by atoms with Crippen LogP contribution in [0.4, 0.5) is 0 Å². The first kappa shape index (κ1) is 110. The number of carbonyl (C=O) groups is 20. The lowest BCUT2D eigenvalue weighted by atomic mass is 10.0. The van der Waals surface area contributed by atoms with Crippen LogP contribution in [0, 0.1) is 0 Å². The van der Waals surface area contributed by atoms with Gasteiger partial charge in [0.05, 0.1) is 55.0 Å². The number of nitrogens with two attached hydrogens (primary N) is 5. The van der Waals surface area contributed by atoms with Gasteiger partial charge in [-0.3, -0.25) is 95.9 Å². The Kier molecular flexibility index (Phi) is 44.2. The van der Waals surface area contributed by atoms with Gasteiger partial charge in [-0.15, -0.1) is 0 Å². The molecule has 0 saturated carbocycles. The van der Waals surface area contributed by atoms with Crippen molar-refractivity contribution in [3.05, 3.63) is 66.3 Å². The van der Waals surface area contributed by atoms with Crippen LogP contribution < -0.4 is 97.8 Å². The number of aliphatic hydroxyl groups excluding tert-OH is 4. The summed E-state index contributed by atoms with van der Waals surface area (Å²) in [5.41, 5.74) is 29.2. The molecule has 53 heteroatoms. The van der Waals surface area contributed by atoms with Crippen LogP contribution in [0.25, 0.3) is 0 Å². The number of aliphatic hydroxyl groups is 4. The van der Waals surface area contributed by atoms with E-state index in [0.29, 0.717) is 17.7 Å². The molecule has 31 N–H and O–H groups in total. The van der Waals surface area contributed by atoms with Gasteiger partial charge >= 0.3 is 5.97 Å². The molecule has 0 radical (unpaired) electrons. The fourth-order valence-corrected chi connectivity index (χ4v) is 15.4. The molecule has 740 valence electrons. The number of H-pyrrole nitrogens is 2. The zero-order valence-electron chi connectivity index (χ0n) is 74.2. The summed E-state index contributed by atoms with van der Waals surface area (Å²) in [6, 6.07) is -21.2. The fourth-order valence-electron chi connectivity index (χ4n) is 14.9. The number of aliphatic carboxylic acids is 1. The van der Waals surface area contributed by atoms with Crippen molar-refractivity contribution in [3.8, 4) is 5.75 Å². The topological polar surface area (TPSA) is 816 Å². The lowest BCUT2D eigenvalue weighted by molar-refractivity contribution is -0.149. The molecule has 6 rings (SSSR count). The Balaban J connectivity index is 1.09. The number of aromatic hydroxyl groups is 1. The summed E-state index contributed by atoms with van der Waals surface area (Å²) in [6.45, 7) is 3.09. The molecule has 51 nitrogen and oxygen atoms in total. The van der Waals surface area contributed by atoms with Crippen molar-refractivity contribution >= 4 is 143 Å². The molecule has 0 unspecified atom stereocenters. The molecule has 3 fully saturated rings. The van der Waals surface area contributed by atoms with Gasteiger partial charge in [0.2, 0.25) is 112 Å². The number of phenolic OH excluding ortho intramolecular Hbond substituents is 1. The Hall–Kier alpha value is -12.7. The monoisotopic (exact) mass is 1930 g/mol. The number of carboxylic acid groups (broad SMARTS) is 1. The van der Waals surface area contributed by atoms with E-state index in [1.165, 1.54) is 59.1 Å². The molecule has 20 atom stereocenters. The predicted octanol–water partition coefficient (Wildman–Crippen LogP) is -11.5. The van der Waals surface area contributed by atoms with Gasteiger partial charge in [-0.05, 0) is 129 Å². The molecule has 0 aliphatic carbocycles. The number of aromatic nitrogens is 4.